The summed E-state index contributed by atoms with van der Waals surface area (Å²) in [6.45, 7) is 7.02. The molecular weight excluding hydrogens is 492 g/mol. The van der Waals surface area contributed by atoms with Crippen LogP contribution in [0.2, 0.25) is 0 Å². The average molecular weight is 509 g/mol. The van der Waals surface area contributed by atoms with Crippen LogP contribution >= 0.6 is 11.3 Å². The molecule has 178 valence electrons. The third kappa shape index (κ3) is 3.50. The number of hydrogen-bond acceptors (Lipinski definition) is 6. The maximum atomic E-state index is 8.96. The number of nitrogens with zero attached hydrogens (tertiary/aromatic N) is 4. The van der Waals surface area contributed by atoms with Gasteiger partial charge in [0.2, 0.25) is 0 Å². The molecule has 0 N–H and O–H groups in total. The number of rotatable bonds is 3. The molecule has 0 spiro atoms. The van der Waals surface area contributed by atoms with Gasteiger partial charge in [0.25, 0.3) is 5.70 Å². The van der Waals surface area contributed by atoms with E-state index in [2.05, 4.69) is 45.1 Å². The Hall–Kier alpha value is -5.37. The van der Waals surface area contributed by atoms with Crippen molar-refractivity contribution in [1.29, 1.82) is 5.26 Å². The molecule has 0 atom stereocenters. The van der Waals surface area contributed by atoms with Gasteiger partial charge in [-0.05, 0) is 54.6 Å². The Morgan fingerprint density at radius 1 is 0.947 bits per heavy atom. The lowest BCUT2D eigenvalue weighted by molar-refractivity contribution is 0.477. The molecule has 4 heterocycles. The molecule has 3 aromatic carbocycles. The van der Waals surface area contributed by atoms with Gasteiger partial charge in [0.15, 0.2) is 11.5 Å². The molecule has 3 aromatic heterocycles. The van der Waals surface area contributed by atoms with Crippen molar-refractivity contribution in [3.8, 4) is 28.0 Å². The number of anilines is 3. The van der Waals surface area contributed by atoms with Crippen LogP contribution in [0.4, 0.5) is 17.1 Å². The summed E-state index contributed by atoms with van der Waals surface area (Å²) in [7, 11) is 0. The van der Waals surface area contributed by atoms with Gasteiger partial charge in [-0.2, -0.15) is 0 Å². The van der Waals surface area contributed by atoms with Crippen molar-refractivity contribution in [2.24, 2.45) is 0 Å². The fraction of sp³-hybridized carbons (Fsp3) is 0. The second kappa shape index (κ2) is 8.63. The van der Waals surface area contributed by atoms with Crippen LogP contribution in [0.1, 0.15) is 5.69 Å². The molecule has 0 unspecified atom stereocenters. The Morgan fingerprint density at radius 3 is 2.39 bits per heavy atom. The van der Waals surface area contributed by atoms with Crippen molar-refractivity contribution < 1.29 is 9.15 Å². The minimum absolute atomic E-state index is 0.00813. The maximum absolute atomic E-state index is 8.96. The lowest BCUT2D eigenvalue weighted by Gasteiger charge is -2.32. The Balaban J connectivity index is 1.27. The summed E-state index contributed by atoms with van der Waals surface area (Å²) in [6.07, 6.45) is 3.23. The van der Waals surface area contributed by atoms with Gasteiger partial charge >= 0.3 is 0 Å². The van der Waals surface area contributed by atoms with E-state index < -0.39 is 0 Å². The van der Waals surface area contributed by atoms with Crippen molar-refractivity contribution in [3.63, 3.8) is 0 Å². The Morgan fingerprint density at radius 2 is 1.71 bits per heavy atom. The monoisotopic (exact) mass is 508 g/mol. The van der Waals surface area contributed by atoms with Gasteiger partial charge in [-0.1, -0.05) is 24.3 Å². The highest BCUT2D eigenvalue weighted by Gasteiger charge is 2.26. The van der Waals surface area contributed by atoms with E-state index in [1.165, 1.54) is 6.08 Å². The van der Waals surface area contributed by atoms with Gasteiger partial charge < -0.3 is 14.1 Å². The number of fused-ring (bicyclic) bond motifs is 5. The van der Waals surface area contributed by atoms with Gasteiger partial charge in [0.1, 0.15) is 11.2 Å². The third-order valence-electron chi connectivity index (χ3n) is 6.41. The van der Waals surface area contributed by atoms with Crippen LogP contribution in [0.5, 0.6) is 11.5 Å². The van der Waals surface area contributed by atoms with Crippen molar-refractivity contribution in [2.45, 2.75) is 0 Å². The van der Waals surface area contributed by atoms with Crippen LogP contribution in [-0.2, 0) is 0 Å². The van der Waals surface area contributed by atoms with E-state index in [0.29, 0.717) is 5.69 Å². The van der Waals surface area contributed by atoms with Crippen LogP contribution in [-0.4, -0.2) is 4.98 Å². The molecule has 0 radical (unpaired) electrons. The molecule has 38 heavy (non-hydrogen) atoms. The zero-order valence-corrected chi connectivity index (χ0v) is 20.6. The number of allylic oxidation sites excluding steroid dienone is 1. The minimum atomic E-state index is 0.00813. The third-order valence-corrected chi connectivity index (χ3v) is 7.61. The van der Waals surface area contributed by atoms with E-state index in [-0.39, 0.29) is 5.70 Å². The SMILES string of the molecule is [C-]#[N+]/C(C#N)=C\c1ccc(-c2cc3oc4cc(N5c6ccccc6Oc6ccccc65)ccc4c3s2)cn1. The largest absolute Gasteiger partial charge is 0.455 e. The van der Waals surface area contributed by atoms with E-state index in [1.807, 2.05) is 60.7 Å². The smallest absolute Gasteiger partial charge is 0.264 e. The summed E-state index contributed by atoms with van der Waals surface area (Å²) < 4.78 is 13.5. The van der Waals surface area contributed by atoms with Crippen LogP contribution in [0.25, 0.3) is 42.6 Å². The first kappa shape index (κ1) is 21.9. The molecule has 7 rings (SSSR count). The number of thiophene rings is 1. The van der Waals surface area contributed by atoms with Gasteiger partial charge in [-0.3, -0.25) is 4.98 Å². The van der Waals surface area contributed by atoms with Gasteiger partial charge in [-0.15, -0.1) is 11.3 Å². The Kier molecular flexibility index (Phi) is 4.97. The standard InChI is InChI=1S/C31H16N4O2S/c1-33-21(17-32)14-20-11-10-19(18-34-20)30-16-29-31(38-30)23-13-12-22(15-28(23)37-29)35-24-6-2-4-8-26(24)36-27-9-5-3-7-25(27)35/h2-16,18H/b21-14-. The molecule has 1 aliphatic heterocycles. The van der Waals surface area contributed by atoms with Crippen LogP contribution in [0.15, 0.2) is 101 Å². The minimum Gasteiger partial charge on any atom is -0.455 e. The van der Waals surface area contributed by atoms with Crippen molar-refractivity contribution in [2.75, 3.05) is 4.90 Å². The first-order valence-electron chi connectivity index (χ1n) is 11.8. The summed E-state index contributed by atoms with van der Waals surface area (Å²) in [4.78, 5) is 10.8. The molecule has 0 saturated heterocycles. The van der Waals surface area contributed by atoms with Gasteiger partial charge in [0, 0.05) is 34.2 Å². The molecule has 0 aliphatic carbocycles. The molecule has 1 aliphatic rings. The molecule has 0 amide bonds. The molecule has 7 heteroatoms. The van der Waals surface area contributed by atoms with Crippen LogP contribution in [0, 0.1) is 17.9 Å². The molecule has 0 saturated carbocycles. The Labute approximate surface area is 221 Å². The lowest BCUT2D eigenvalue weighted by Crippen LogP contribution is -2.15. The van der Waals surface area contributed by atoms with E-state index in [1.54, 1.807) is 17.5 Å². The van der Waals surface area contributed by atoms with Gasteiger partial charge in [0.05, 0.1) is 40.1 Å². The zero-order valence-electron chi connectivity index (χ0n) is 19.8. The predicted molar refractivity (Wildman–Crippen MR) is 150 cm³/mol. The van der Waals surface area contributed by atoms with E-state index in [0.717, 1.165) is 60.3 Å². The van der Waals surface area contributed by atoms with Gasteiger partial charge in [-0.25, -0.2) is 10.1 Å². The number of hydrogen-bond donors (Lipinski definition) is 0. The molecule has 0 fully saturated rings. The number of aromatic nitrogens is 1. The van der Waals surface area contributed by atoms with Crippen molar-refractivity contribution >= 4 is 55.7 Å². The zero-order chi connectivity index (χ0) is 25.6. The summed E-state index contributed by atoms with van der Waals surface area (Å²) in [5.41, 5.74) is 6.12. The maximum Gasteiger partial charge on any atom is 0.264 e. The first-order chi connectivity index (χ1) is 18.7. The topological polar surface area (TPSA) is 66.7 Å². The predicted octanol–water partition coefficient (Wildman–Crippen LogP) is 9.07. The summed E-state index contributed by atoms with van der Waals surface area (Å²) in [5.74, 6) is 1.62. The summed E-state index contributed by atoms with van der Waals surface area (Å²) in [6, 6.07) is 30.0. The van der Waals surface area contributed by atoms with Crippen molar-refractivity contribution in [3.05, 3.63) is 114 Å². The van der Waals surface area contributed by atoms with Crippen molar-refractivity contribution in [1.82, 2.24) is 4.98 Å². The average Bonchev–Trinajstić information content (AvgIpc) is 3.52. The summed E-state index contributed by atoms with van der Waals surface area (Å²) >= 11 is 1.65. The lowest BCUT2D eigenvalue weighted by atomic mass is 10.1. The molecule has 6 aromatic rings. The number of ether oxygens (including phenoxy) is 1. The Bertz CT molecular complexity index is 1930. The second-order valence-corrected chi connectivity index (χ2v) is 9.74. The number of nitriles is 1. The van der Waals surface area contributed by atoms with E-state index >= 15 is 0 Å². The number of para-hydroxylation sites is 4. The highest BCUT2D eigenvalue weighted by Crippen LogP contribution is 2.51. The highest BCUT2D eigenvalue weighted by molar-refractivity contribution is 7.23. The molecular formula is C31H16N4O2S. The fourth-order valence-corrected chi connectivity index (χ4v) is 5.77. The summed E-state index contributed by atoms with van der Waals surface area (Å²) in [5, 5.41) is 10.0. The number of benzene rings is 3. The normalized spacial score (nSPS) is 12.5. The van der Waals surface area contributed by atoms with Crippen LogP contribution < -0.4 is 9.64 Å². The van der Waals surface area contributed by atoms with Crippen LogP contribution in [0.3, 0.4) is 0 Å². The van der Waals surface area contributed by atoms with E-state index in [9.17, 15) is 0 Å². The quantitative estimate of drug-likeness (QED) is 0.176. The second-order valence-electron chi connectivity index (χ2n) is 8.68. The molecule has 0 bridgehead atoms. The number of furan rings is 1. The highest BCUT2D eigenvalue weighted by atomic mass is 32.1. The fourth-order valence-electron chi connectivity index (χ4n) is 4.67. The molecule has 6 nitrogen and oxygen atoms in total. The number of pyridine rings is 1. The first-order valence-corrected chi connectivity index (χ1v) is 12.6. The van der Waals surface area contributed by atoms with E-state index in [4.69, 9.17) is 21.0 Å².